The minimum Gasteiger partial charge on any atom is -0.322 e. The fourth-order valence-corrected chi connectivity index (χ4v) is 7.06. The van der Waals surface area contributed by atoms with Crippen molar-refractivity contribution in [3.05, 3.63) is 59.7 Å². The molecule has 2 aromatic rings. The normalized spacial score (nSPS) is 30.3. The van der Waals surface area contributed by atoms with Crippen molar-refractivity contribution in [1.29, 1.82) is 0 Å². The second-order valence-corrected chi connectivity index (χ2v) is 11.5. The van der Waals surface area contributed by atoms with Crippen LogP contribution in [0, 0.1) is 17.8 Å². The largest absolute Gasteiger partial charge is 0.322 e. The molecular weight excluding hydrogens is 382 g/mol. The van der Waals surface area contributed by atoms with Crippen LogP contribution in [-0.2, 0) is 15.3 Å². The zero-order chi connectivity index (χ0) is 20.2. The van der Waals surface area contributed by atoms with Crippen LogP contribution in [-0.4, -0.2) is 20.6 Å². The van der Waals surface area contributed by atoms with E-state index in [4.69, 9.17) is 0 Å². The molecule has 5 heteroatoms. The smallest absolute Gasteiger partial charge is 0.255 e. The van der Waals surface area contributed by atoms with Crippen molar-refractivity contribution in [2.45, 2.75) is 48.8 Å². The molecule has 6 rings (SSSR count). The first-order valence-electron chi connectivity index (χ1n) is 10.5. The van der Waals surface area contributed by atoms with E-state index in [2.05, 4.69) is 17.4 Å². The van der Waals surface area contributed by atoms with Gasteiger partial charge in [0.1, 0.15) is 0 Å². The van der Waals surface area contributed by atoms with Crippen molar-refractivity contribution in [2.24, 2.45) is 17.8 Å². The molecule has 152 valence electrons. The molecule has 0 heterocycles. The number of hydrogen-bond donors (Lipinski definition) is 1. The van der Waals surface area contributed by atoms with Crippen LogP contribution in [0.15, 0.2) is 53.4 Å². The Bertz CT molecular complexity index is 1000. The second kappa shape index (κ2) is 6.69. The maximum atomic E-state index is 12.5. The molecule has 4 bridgehead atoms. The molecule has 0 aromatic heterocycles. The Morgan fingerprint density at radius 3 is 1.86 bits per heavy atom. The van der Waals surface area contributed by atoms with Gasteiger partial charge in [-0.2, -0.15) is 0 Å². The molecule has 1 N–H and O–H groups in total. The summed E-state index contributed by atoms with van der Waals surface area (Å²) in [6.45, 7) is 0. The Kier molecular flexibility index (Phi) is 4.35. The number of hydrogen-bond acceptors (Lipinski definition) is 3. The molecule has 4 nitrogen and oxygen atoms in total. The Morgan fingerprint density at radius 2 is 1.38 bits per heavy atom. The molecule has 0 radical (unpaired) electrons. The van der Waals surface area contributed by atoms with Crippen LogP contribution < -0.4 is 5.32 Å². The molecule has 4 aliphatic rings. The average Bonchev–Trinajstić information content (AvgIpc) is 2.67. The van der Waals surface area contributed by atoms with Gasteiger partial charge < -0.3 is 5.32 Å². The van der Waals surface area contributed by atoms with Gasteiger partial charge in [0.15, 0.2) is 9.84 Å². The topological polar surface area (TPSA) is 63.2 Å². The van der Waals surface area contributed by atoms with Crippen molar-refractivity contribution >= 4 is 21.4 Å². The minimum atomic E-state index is -3.26. The van der Waals surface area contributed by atoms with Gasteiger partial charge in [-0.05, 0) is 104 Å². The fourth-order valence-electron chi connectivity index (χ4n) is 6.43. The molecule has 0 aliphatic heterocycles. The molecule has 4 saturated carbocycles. The van der Waals surface area contributed by atoms with E-state index in [0.29, 0.717) is 11.0 Å². The van der Waals surface area contributed by atoms with Crippen LogP contribution in [0.4, 0.5) is 5.69 Å². The van der Waals surface area contributed by atoms with E-state index >= 15 is 0 Å². The minimum absolute atomic E-state index is 0.217. The van der Waals surface area contributed by atoms with Crippen molar-refractivity contribution < 1.29 is 13.2 Å². The number of sulfone groups is 1. The van der Waals surface area contributed by atoms with Crippen LogP contribution in [0.1, 0.15) is 54.4 Å². The average molecular weight is 410 g/mol. The molecule has 0 atom stereocenters. The maximum absolute atomic E-state index is 12.5. The lowest BCUT2D eigenvalue weighted by molar-refractivity contribution is -0.00518. The van der Waals surface area contributed by atoms with Gasteiger partial charge in [-0.3, -0.25) is 4.79 Å². The van der Waals surface area contributed by atoms with E-state index < -0.39 is 9.84 Å². The zero-order valence-electron chi connectivity index (χ0n) is 16.7. The quantitative estimate of drug-likeness (QED) is 0.788. The molecular formula is C24H27NO3S. The second-order valence-electron chi connectivity index (χ2n) is 9.53. The molecule has 2 aromatic carbocycles. The lowest BCUT2D eigenvalue weighted by atomic mass is 9.48. The van der Waals surface area contributed by atoms with Gasteiger partial charge >= 0.3 is 0 Å². The lowest BCUT2D eigenvalue weighted by Crippen LogP contribution is -2.48. The molecule has 0 saturated heterocycles. The summed E-state index contributed by atoms with van der Waals surface area (Å²) in [5.41, 5.74) is 3.02. The number of benzene rings is 2. The van der Waals surface area contributed by atoms with Crippen molar-refractivity contribution in [2.75, 3.05) is 11.6 Å². The van der Waals surface area contributed by atoms with Crippen LogP contribution in [0.25, 0.3) is 0 Å². The number of rotatable bonds is 4. The van der Waals surface area contributed by atoms with E-state index in [1.54, 1.807) is 12.1 Å². The van der Waals surface area contributed by atoms with E-state index in [-0.39, 0.29) is 10.8 Å². The van der Waals surface area contributed by atoms with Crippen molar-refractivity contribution in [1.82, 2.24) is 0 Å². The highest BCUT2D eigenvalue weighted by molar-refractivity contribution is 7.90. The highest BCUT2D eigenvalue weighted by Crippen LogP contribution is 2.60. The van der Waals surface area contributed by atoms with Gasteiger partial charge in [-0.1, -0.05) is 12.1 Å². The molecule has 0 unspecified atom stereocenters. The summed E-state index contributed by atoms with van der Waals surface area (Å²) >= 11 is 0. The summed E-state index contributed by atoms with van der Waals surface area (Å²) in [5, 5.41) is 2.93. The van der Waals surface area contributed by atoms with E-state index in [0.717, 1.165) is 29.7 Å². The SMILES string of the molecule is CS(=O)(=O)c1ccc(C(=O)Nc2ccc(C34CC5CC(CC(C5)C3)C4)cc2)cc1. The first kappa shape index (κ1) is 18.9. The van der Waals surface area contributed by atoms with Gasteiger partial charge in [-0.25, -0.2) is 8.42 Å². The number of carbonyl (C=O) groups excluding carboxylic acids is 1. The highest BCUT2D eigenvalue weighted by Gasteiger charge is 2.51. The standard InChI is InChI=1S/C24H27NO3S/c1-29(27,28)22-8-2-19(3-9-22)23(26)25-21-6-4-20(5-7-21)24-13-16-10-17(14-24)12-18(11-16)15-24/h2-9,16-18H,10-15H2,1H3,(H,25,26). The lowest BCUT2D eigenvalue weighted by Gasteiger charge is -2.57. The number of amides is 1. The van der Waals surface area contributed by atoms with Gasteiger partial charge in [0.2, 0.25) is 0 Å². The van der Waals surface area contributed by atoms with Crippen molar-refractivity contribution in [3.63, 3.8) is 0 Å². The fraction of sp³-hybridized carbons (Fsp3) is 0.458. The van der Waals surface area contributed by atoms with Crippen LogP contribution in [0.3, 0.4) is 0 Å². The Hall–Kier alpha value is -2.14. The number of anilines is 1. The summed E-state index contributed by atoms with van der Waals surface area (Å²) < 4.78 is 23.1. The van der Waals surface area contributed by atoms with Crippen molar-refractivity contribution in [3.8, 4) is 0 Å². The first-order valence-corrected chi connectivity index (χ1v) is 12.4. The van der Waals surface area contributed by atoms with Gasteiger partial charge in [0.05, 0.1) is 4.90 Å². The predicted molar refractivity (Wildman–Crippen MR) is 114 cm³/mol. The number of carbonyl (C=O) groups is 1. The monoisotopic (exact) mass is 409 g/mol. The summed E-state index contributed by atoms with van der Waals surface area (Å²) in [7, 11) is -3.26. The Morgan fingerprint density at radius 1 is 0.862 bits per heavy atom. The van der Waals surface area contributed by atoms with E-state index in [9.17, 15) is 13.2 Å². The van der Waals surface area contributed by atoms with Gasteiger partial charge in [0.25, 0.3) is 5.91 Å². The third-order valence-electron chi connectivity index (χ3n) is 7.34. The van der Waals surface area contributed by atoms with Crippen LogP contribution >= 0.6 is 0 Å². The predicted octanol–water partition coefficient (Wildman–Crippen LogP) is 4.81. The molecule has 4 fully saturated rings. The third-order valence-corrected chi connectivity index (χ3v) is 8.47. The molecule has 1 amide bonds. The summed E-state index contributed by atoms with van der Waals surface area (Å²) in [6, 6.07) is 14.5. The van der Waals surface area contributed by atoms with E-state index in [1.165, 1.54) is 56.2 Å². The summed E-state index contributed by atoms with van der Waals surface area (Å²) in [6.07, 6.45) is 9.46. The summed E-state index contributed by atoms with van der Waals surface area (Å²) in [4.78, 5) is 12.7. The van der Waals surface area contributed by atoms with Crippen LogP contribution in [0.5, 0.6) is 0 Å². The molecule has 29 heavy (non-hydrogen) atoms. The first-order chi connectivity index (χ1) is 13.8. The number of nitrogens with one attached hydrogen (secondary N) is 1. The Balaban J connectivity index is 1.30. The Labute approximate surface area is 172 Å². The maximum Gasteiger partial charge on any atom is 0.255 e. The highest BCUT2D eigenvalue weighted by atomic mass is 32.2. The van der Waals surface area contributed by atoms with Gasteiger partial charge in [0, 0.05) is 17.5 Å². The van der Waals surface area contributed by atoms with Crippen LogP contribution in [0.2, 0.25) is 0 Å². The summed E-state index contributed by atoms with van der Waals surface area (Å²) in [5.74, 6) is 2.51. The molecule has 0 spiro atoms. The van der Waals surface area contributed by atoms with Gasteiger partial charge in [-0.15, -0.1) is 0 Å². The molecule has 4 aliphatic carbocycles. The van der Waals surface area contributed by atoms with E-state index in [1.807, 2.05) is 12.1 Å². The zero-order valence-corrected chi connectivity index (χ0v) is 17.5. The third kappa shape index (κ3) is 3.50.